The summed E-state index contributed by atoms with van der Waals surface area (Å²) in [5, 5.41) is 10.7. The average Bonchev–Trinajstić information content (AvgIpc) is 2.65. The maximum atomic E-state index is 12.4. The zero-order chi connectivity index (χ0) is 18.5. The molecule has 3 rings (SSSR count). The van der Waals surface area contributed by atoms with Crippen molar-refractivity contribution >= 4 is 22.8 Å². The zero-order valence-electron chi connectivity index (χ0n) is 13.6. The number of aromatic nitrogens is 1. The van der Waals surface area contributed by atoms with Gasteiger partial charge in [-0.1, -0.05) is 30.3 Å². The van der Waals surface area contributed by atoms with Gasteiger partial charge in [-0.3, -0.25) is 14.4 Å². The highest BCUT2D eigenvalue weighted by atomic mass is 16.5. The van der Waals surface area contributed by atoms with Gasteiger partial charge in [0, 0.05) is 5.39 Å². The number of para-hydroxylation sites is 1. The Bertz CT molecular complexity index is 1110. The number of pyridine rings is 1. The van der Waals surface area contributed by atoms with Crippen molar-refractivity contribution in [3.05, 3.63) is 87.5 Å². The van der Waals surface area contributed by atoms with Crippen molar-refractivity contribution in [2.24, 2.45) is 0 Å². The Balaban J connectivity index is 1.91. The molecule has 26 heavy (non-hydrogen) atoms. The van der Waals surface area contributed by atoms with E-state index in [-0.39, 0.29) is 18.0 Å². The van der Waals surface area contributed by atoms with Crippen LogP contribution in [-0.2, 0) is 0 Å². The number of fused-ring (bicyclic) bond motifs is 1. The SMILES string of the molecule is [C-]#[N+]COc1cccc(/C=C/C(=O)c2c(O)c3ccccc3[nH]c2=O)c1. The Morgan fingerprint density at radius 2 is 2.04 bits per heavy atom. The minimum Gasteiger partial charge on any atom is -0.506 e. The fourth-order valence-electron chi connectivity index (χ4n) is 2.52. The summed E-state index contributed by atoms with van der Waals surface area (Å²) in [5.41, 5.74) is 0.170. The van der Waals surface area contributed by atoms with Crippen LogP contribution >= 0.6 is 0 Å². The molecule has 0 unspecified atom stereocenters. The first-order valence-electron chi connectivity index (χ1n) is 7.72. The van der Waals surface area contributed by atoms with Crippen molar-refractivity contribution < 1.29 is 14.6 Å². The van der Waals surface area contributed by atoms with Crippen LogP contribution in [-0.4, -0.2) is 22.6 Å². The van der Waals surface area contributed by atoms with Gasteiger partial charge >= 0.3 is 6.73 Å². The summed E-state index contributed by atoms with van der Waals surface area (Å²) in [5.74, 6) is -0.447. The molecule has 6 heteroatoms. The fraction of sp³-hybridized carbons (Fsp3) is 0.0500. The third kappa shape index (κ3) is 3.47. The lowest BCUT2D eigenvalue weighted by atomic mass is 10.1. The number of allylic oxidation sites excluding steroid dienone is 1. The number of aromatic amines is 1. The van der Waals surface area contributed by atoms with E-state index < -0.39 is 11.3 Å². The summed E-state index contributed by atoms with van der Waals surface area (Å²) < 4.78 is 5.21. The van der Waals surface area contributed by atoms with Crippen molar-refractivity contribution in [2.45, 2.75) is 0 Å². The number of benzene rings is 2. The topological polar surface area (TPSA) is 83.8 Å². The highest BCUT2D eigenvalue weighted by Crippen LogP contribution is 2.25. The van der Waals surface area contributed by atoms with Crippen LogP contribution in [0.4, 0.5) is 0 Å². The fourth-order valence-corrected chi connectivity index (χ4v) is 2.52. The smallest absolute Gasteiger partial charge is 0.357 e. The number of ether oxygens (including phenoxy) is 1. The summed E-state index contributed by atoms with van der Waals surface area (Å²) in [6.07, 6.45) is 2.73. The molecule has 0 saturated carbocycles. The second kappa shape index (κ2) is 7.36. The molecular formula is C20H14N2O4. The number of ketones is 1. The van der Waals surface area contributed by atoms with Crippen LogP contribution in [0.3, 0.4) is 0 Å². The third-order valence-corrected chi connectivity index (χ3v) is 3.72. The number of nitrogens with zero attached hydrogens (tertiary/aromatic N) is 1. The Kier molecular flexibility index (Phi) is 4.81. The molecule has 0 saturated heterocycles. The molecule has 0 bridgehead atoms. The Morgan fingerprint density at radius 3 is 2.85 bits per heavy atom. The third-order valence-electron chi connectivity index (χ3n) is 3.72. The van der Waals surface area contributed by atoms with Gasteiger partial charge in [0.1, 0.15) is 17.1 Å². The number of rotatable bonds is 5. The van der Waals surface area contributed by atoms with Gasteiger partial charge in [0.25, 0.3) is 5.56 Å². The van der Waals surface area contributed by atoms with Gasteiger partial charge in [-0.05, 0) is 35.9 Å². The highest BCUT2D eigenvalue weighted by molar-refractivity contribution is 6.11. The molecule has 0 spiro atoms. The summed E-state index contributed by atoms with van der Waals surface area (Å²) in [6.45, 7) is 6.63. The lowest BCUT2D eigenvalue weighted by Crippen LogP contribution is -2.16. The van der Waals surface area contributed by atoms with Gasteiger partial charge < -0.3 is 14.8 Å². The predicted molar refractivity (Wildman–Crippen MR) is 98.1 cm³/mol. The minimum atomic E-state index is -0.648. The molecule has 0 aliphatic rings. The van der Waals surface area contributed by atoms with Crippen LogP contribution < -0.4 is 10.3 Å². The van der Waals surface area contributed by atoms with Gasteiger partial charge in [0.15, 0.2) is 5.78 Å². The Hall–Kier alpha value is -3.85. The summed E-state index contributed by atoms with van der Waals surface area (Å²) >= 11 is 0. The molecule has 2 N–H and O–H groups in total. The van der Waals surface area contributed by atoms with E-state index in [9.17, 15) is 14.7 Å². The van der Waals surface area contributed by atoms with Crippen molar-refractivity contribution in [3.8, 4) is 11.5 Å². The van der Waals surface area contributed by atoms with Crippen LogP contribution in [0.2, 0.25) is 0 Å². The molecule has 0 radical (unpaired) electrons. The van der Waals surface area contributed by atoms with Crippen LogP contribution in [0.5, 0.6) is 11.5 Å². The van der Waals surface area contributed by atoms with E-state index in [1.807, 2.05) is 0 Å². The van der Waals surface area contributed by atoms with Crippen LogP contribution in [0.15, 0.2) is 59.4 Å². The number of aromatic hydroxyl groups is 1. The standard InChI is InChI=1S/C20H14N2O4/c1-21-12-26-14-6-4-5-13(11-14)9-10-17(23)18-19(24)15-7-2-3-8-16(15)22-20(18)25/h2-11H,12H2,(H2,22,24,25)/b10-9+. The van der Waals surface area contributed by atoms with Crippen LogP contribution in [0.1, 0.15) is 15.9 Å². The second-order valence-electron chi connectivity index (χ2n) is 5.42. The number of hydrogen-bond donors (Lipinski definition) is 2. The first-order valence-corrected chi connectivity index (χ1v) is 7.72. The van der Waals surface area contributed by atoms with E-state index >= 15 is 0 Å². The minimum absolute atomic E-state index is 0.0908. The molecule has 2 aromatic carbocycles. The summed E-state index contributed by atoms with van der Waals surface area (Å²) in [7, 11) is 0. The Morgan fingerprint density at radius 1 is 1.23 bits per heavy atom. The van der Waals surface area contributed by atoms with E-state index in [1.165, 1.54) is 12.2 Å². The van der Waals surface area contributed by atoms with Gasteiger partial charge in [-0.2, -0.15) is 0 Å². The van der Waals surface area contributed by atoms with E-state index in [2.05, 4.69) is 9.83 Å². The Labute approximate surface area is 148 Å². The van der Waals surface area contributed by atoms with E-state index in [1.54, 1.807) is 48.5 Å². The molecule has 0 aliphatic heterocycles. The van der Waals surface area contributed by atoms with Gasteiger partial charge in [-0.15, -0.1) is 0 Å². The summed E-state index contributed by atoms with van der Waals surface area (Å²) in [6, 6.07) is 13.5. The van der Waals surface area contributed by atoms with E-state index in [0.717, 1.165) is 0 Å². The number of hydrogen-bond acceptors (Lipinski definition) is 4. The van der Waals surface area contributed by atoms with Crippen molar-refractivity contribution in [1.29, 1.82) is 0 Å². The number of H-pyrrole nitrogens is 1. The van der Waals surface area contributed by atoms with Crippen LogP contribution in [0.25, 0.3) is 21.8 Å². The molecule has 6 nitrogen and oxygen atoms in total. The molecule has 0 atom stereocenters. The highest BCUT2D eigenvalue weighted by Gasteiger charge is 2.16. The van der Waals surface area contributed by atoms with Crippen LogP contribution in [0, 0.1) is 6.57 Å². The van der Waals surface area contributed by atoms with Gasteiger partial charge in [-0.25, -0.2) is 6.57 Å². The van der Waals surface area contributed by atoms with E-state index in [0.29, 0.717) is 22.2 Å². The van der Waals surface area contributed by atoms with Gasteiger partial charge in [0.05, 0.1) is 5.52 Å². The van der Waals surface area contributed by atoms with Crippen molar-refractivity contribution in [1.82, 2.24) is 4.98 Å². The molecule has 1 aromatic heterocycles. The van der Waals surface area contributed by atoms with Crippen molar-refractivity contribution in [3.63, 3.8) is 0 Å². The maximum absolute atomic E-state index is 12.4. The quantitative estimate of drug-likeness (QED) is 0.421. The van der Waals surface area contributed by atoms with Gasteiger partial charge in [0.2, 0.25) is 0 Å². The lowest BCUT2D eigenvalue weighted by Gasteiger charge is -2.05. The summed E-state index contributed by atoms with van der Waals surface area (Å²) in [4.78, 5) is 30.3. The molecule has 0 amide bonds. The maximum Gasteiger partial charge on any atom is 0.357 e. The lowest BCUT2D eigenvalue weighted by molar-refractivity contribution is 0.104. The molecule has 1 heterocycles. The average molecular weight is 346 g/mol. The molecule has 3 aromatic rings. The van der Waals surface area contributed by atoms with E-state index in [4.69, 9.17) is 11.3 Å². The zero-order valence-corrected chi connectivity index (χ0v) is 13.6. The largest absolute Gasteiger partial charge is 0.506 e. The normalized spacial score (nSPS) is 10.7. The number of carbonyl (C=O) groups is 1. The first-order chi connectivity index (χ1) is 12.6. The predicted octanol–water partition coefficient (Wildman–Crippen LogP) is 3.39. The number of carbonyl (C=O) groups excluding carboxylic acids is 1. The molecule has 0 fully saturated rings. The molecular weight excluding hydrogens is 332 g/mol. The number of nitrogens with one attached hydrogen (secondary N) is 1. The molecule has 0 aliphatic carbocycles. The second-order valence-corrected chi connectivity index (χ2v) is 5.42. The monoisotopic (exact) mass is 346 g/mol. The van der Waals surface area contributed by atoms with Crippen molar-refractivity contribution in [2.75, 3.05) is 6.73 Å². The molecule has 128 valence electrons. The first kappa shape index (κ1) is 17.0.